The molecule has 0 atom stereocenters. The first kappa shape index (κ1) is 33.3. The van der Waals surface area contributed by atoms with Crippen LogP contribution in [0.5, 0.6) is 0 Å². The number of hydrogen-bond acceptors (Lipinski definition) is 8. The summed E-state index contributed by atoms with van der Waals surface area (Å²) >= 11 is 0. The molecule has 7 rings (SSSR count). The van der Waals surface area contributed by atoms with Gasteiger partial charge in [0.25, 0.3) is 22.9 Å². The number of imidazole rings is 2. The van der Waals surface area contributed by atoms with Gasteiger partial charge in [-0.05, 0) is 83.9 Å². The summed E-state index contributed by atoms with van der Waals surface area (Å²) in [5.41, 5.74) is -0.154. The molecule has 0 aliphatic heterocycles. The van der Waals surface area contributed by atoms with Gasteiger partial charge in [-0.3, -0.25) is 37.6 Å². The summed E-state index contributed by atoms with van der Waals surface area (Å²) in [4.78, 5) is 86.6. The van der Waals surface area contributed by atoms with E-state index in [2.05, 4.69) is 20.6 Å². The Morgan fingerprint density at radius 2 is 0.942 bits per heavy atom. The van der Waals surface area contributed by atoms with Gasteiger partial charge in [-0.25, -0.2) is 18.7 Å². The molecule has 7 aromatic rings. The van der Waals surface area contributed by atoms with E-state index in [9.17, 15) is 37.5 Å². The zero-order valence-corrected chi connectivity index (χ0v) is 26.8. The van der Waals surface area contributed by atoms with Crippen LogP contribution in [-0.4, -0.2) is 42.2 Å². The minimum Gasteiger partial charge on any atom is -0.322 e. The first-order chi connectivity index (χ1) is 25.0. The van der Waals surface area contributed by atoms with Gasteiger partial charge >= 0.3 is 0 Å². The Hall–Kier alpha value is -7.22. The number of nitrogens with one attached hydrogen (secondary N) is 2. The van der Waals surface area contributed by atoms with Crippen molar-refractivity contribution in [2.45, 2.75) is 12.8 Å². The molecule has 0 bridgehead atoms. The van der Waals surface area contributed by atoms with E-state index in [0.717, 1.165) is 21.5 Å². The van der Waals surface area contributed by atoms with Gasteiger partial charge in [-0.2, -0.15) is 0 Å². The summed E-state index contributed by atoms with van der Waals surface area (Å²) in [5.74, 6) is -2.90. The molecule has 3 heterocycles. The summed E-state index contributed by atoms with van der Waals surface area (Å²) in [6, 6.07) is 23.0. The van der Waals surface area contributed by atoms with Crippen molar-refractivity contribution in [3.8, 4) is 0 Å². The van der Waals surface area contributed by atoms with Crippen molar-refractivity contribution in [1.29, 1.82) is 0 Å². The molecule has 256 valence electrons. The lowest BCUT2D eigenvalue weighted by atomic mass is 10.0. The van der Waals surface area contributed by atoms with Gasteiger partial charge in [0.15, 0.2) is 17.3 Å². The number of anilines is 2. The van der Waals surface area contributed by atoms with Crippen molar-refractivity contribution in [3.05, 3.63) is 176 Å². The highest BCUT2D eigenvalue weighted by Crippen LogP contribution is 2.17. The number of hydrogen-bond donors (Lipinski definition) is 2. The summed E-state index contributed by atoms with van der Waals surface area (Å²) in [6.07, 6.45) is 1.94. The average molecular weight is 699 g/mol. The number of fused-ring (bicyclic) bond motifs is 2. The van der Waals surface area contributed by atoms with E-state index in [1.807, 2.05) is 0 Å². The number of carbonyl (C=O) groups excluding carboxylic acids is 4. The van der Waals surface area contributed by atoms with Crippen LogP contribution < -0.4 is 21.8 Å². The highest BCUT2D eigenvalue weighted by molar-refractivity contribution is 6.08. The quantitative estimate of drug-likeness (QED) is 0.193. The lowest BCUT2D eigenvalue weighted by Crippen LogP contribution is -2.28. The van der Waals surface area contributed by atoms with Crippen LogP contribution in [0.15, 0.2) is 119 Å². The predicted molar refractivity (Wildman–Crippen MR) is 185 cm³/mol. The lowest BCUT2D eigenvalue weighted by molar-refractivity contribution is 0.0983. The number of rotatable bonds is 10. The molecular weight excluding hydrogens is 674 g/mol. The Morgan fingerprint density at radius 1 is 0.519 bits per heavy atom. The molecule has 0 aliphatic carbocycles. The number of Topliss-reactive ketones (excluding diaryl/α,β-unsaturated/α-hetero) is 2. The Balaban J connectivity index is 1.05. The molecule has 0 saturated carbocycles. The first-order valence-corrected chi connectivity index (χ1v) is 15.7. The highest BCUT2D eigenvalue weighted by Gasteiger charge is 2.25. The molecule has 0 fully saturated rings. The van der Waals surface area contributed by atoms with Gasteiger partial charge < -0.3 is 10.6 Å². The van der Waals surface area contributed by atoms with Crippen molar-refractivity contribution in [3.63, 3.8) is 0 Å². The van der Waals surface area contributed by atoms with E-state index in [0.29, 0.717) is 28.1 Å². The van der Waals surface area contributed by atoms with Crippen molar-refractivity contribution < 1.29 is 28.0 Å². The maximum Gasteiger partial charge on any atom is 0.283 e. The molecule has 14 heteroatoms. The van der Waals surface area contributed by atoms with Gasteiger partial charge in [0, 0.05) is 35.3 Å². The standard InChI is InChI=1S/C38H24F2N6O6/c39-25-9-5-23(6-10-25)29(47)17-21-1-15-28(16-2-21)44-36(50)32-34-38(52)45-19-41-31(33(45)37(51)46(34)20-42-32)30(48)18-22-3-13-27(14-4-22)43-35(49)24-7-11-26(40)12-8-24/h1-16,19-20H,17-18H2,(H,43,49)(H,44,50). The number of amides is 2. The van der Waals surface area contributed by atoms with Crippen LogP contribution in [0.4, 0.5) is 20.2 Å². The van der Waals surface area contributed by atoms with Crippen molar-refractivity contribution in [1.82, 2.24) is 18.8 Å². The summed E-state index contributed by atoms with van der Waals surface area (Å²) in [6.45, 7) is 0. The smallest absolute Gasteiger partial charge is 0.283 e. The molecule has 0 unspecified atom stereocenters. The van der Waals surface area contributed by atoms with Crippen molar-refractivity contribution in [2.24, 2.45) is 0 Å². The normalized spacial score (nSPS) is 11.1. The maximum atomic E-state index is 13.5. The first-order valence-electron chi connectivity index (χ1n) is 15.7. The number of benzene rings is 4. The third kappa shape index (κ3) is 6.55. The lowest BCUT2D eigenvalue weighted by Gasteiger charge is -2.07. The molecule has 0 aliphatic rings. The maximum absolute atomic E-state index is 13.5. The number of carbonyl (C=O) groups is 4. The minimum absolute atomic E-state index is 0.0503. The monoisotopic (exact) mass is 698 g/mol. The van der Waals surface area contributed by atoms with Gasteiger partial charge in [-0.15, -0.1) is 0 Å². The highest BCUT2D eigenvalue weighted by atomic mass is 19.1. The molecule has 52 heavy (non-hydrogen) atoms. The van der Waals surface area contributed by atoms with Crippen LogP contribution in [0, 0.1) is 11.6 Å². The number of ketones is 2. The molecule has 0 radical (unpaired) electrons. The molecule has 0 saturated heterocycles. The zero-order chi connectivity index (χ0) is 36.5. The van der Waals surface area contributed by atoms with Crippen molar-refractivity contribution in [2.75, 3.05) is 10.6 Å². The van der Waals surface area contributed by atoms with E-state index in [1.54, 1.807) is 48.5 Å². The molecule has 3 aromatic heterocycles. The number of halogens is 2. The zero-order valence-electron chi connectivity index (χ0n) is 26.8. The van der Waals surface area contributed by atoms with Crippen molar-refractivity contribution >= 4 is 45.8 Å². The van der Waals surface area contributed by atoms with Gasteiger partial charge in [0.1, 0.15) is 41.0 Å². The Kier molecular flexibility index (Phi) is 8.70. The Bertz CT molecular complexity index is 2450. The van der Waals surface area contributed by atoms with E-state index in [4.69, 9.17) is 0 Å². The molecule has 2 amide bonds. The van der Waals surface area contributed by atoms with Gasteiger partial charge in [0.05, 0.1) is 0 Å². The summed E-state index contributed by atoms with van der Waals surface area (Å²) in [5, 5.41) is 5.31. The fraction of sp³-hybridized carbons (Fsp3) is 0.0526. The third-order valence-electron chi connectivity index (χ3n) is 8.28. The summed E-state index contributed by atoms with van der Waals surface area (Å²) < 4.78 is 28.2. The minimum atomic E-state index is -0.792. The second-order valence-corrected chi connectivity index (χ2v) is 11.7. The topological polar surface area (TPSA) is 161 Å². The average Bonchev–Trinajstić information content (AvgIpc) is 3.80. The number of nitrogens with zero attached hydrogens (tertiary/aromatic N) is 4. The third-order valence-corrected chi connectivity index (χ3v) is 8.28. The number of aromatic nitrogens is 4. The second kappa shape index (κ2) is 13.6. The largest absolute Gasteiger partial charge is 0.322 e. The van der Waals surface area contributed by atoms with E-state index >= 15 is 0 Å². The van der Waals surface area contributed by atoms with Crippen LogP contribution in [0.3, 0.4) is 0 Å². The summed E-state index contributed by atoms with van der Waals surface area (Å²) in [7, 11) is 0. The Labute approximate surface area is 291 Å². The van der Waals surface area contributed by atoms with E-state index in [-0.39, 0.29) is 46.6 Å². The molecule has 2 N–H and O–H groups in total. The molecule has 12 nitrogen and oxygen atoms in total. The van der Waals surface area contributed by atoms with Crippen LogP contribution in [0.25, 0.3) is 11.0 Å². The molecular formula is C38H24F2N6O6. The van der Waals surface area contributed by atoms with Gasteiger partial charge in [0.2, 0.25) is 0 Å². The van der Waals surface area contributed by atoms with Crippen LogP contribution in [0.2, 0.25) is 0 Å². The van der Waals surface area contributed by atoms with Crippen LogP contribution >= 0.6 is 0 Å². The SMILES string of the molecule is O=C(Cc1ccc(NC(=O)c2ncn3c(=O)c4c(C(=O)Cc5ccc(NC(=O)c6ccc(F)cc6)cc5)ncn4c(=O)c23)cc1)c1ccc(F)cc1. The van der Waals surface area contributed by atoms with Crippen LogP contribution in [0.1, 0.15) is 52.8 Å². The van der Waals surface area contributed by atoms with E-state index in [1.165, 1.54) is 48.5 Å². The predicted octanol–water partition coefficient (Wildman–Crippen LogP) is 4.77. The van der Waals surface area contributed by atoms with E-state index < -0.39 is 40.4 Å². The van der Waals surface area contributed by atoms with Gasteiger partial charge in [-0.1, -0.05) is 24.3 Å². The fourth-order valence-electron chi connectivity index (χ4n) is 5.61. The second-order valence-electron chi connectivity index (χ2n) is 11.7. The van der Waals surface area contributed by atoms with Crippen LogP contribution in [-0.2, 0) is 12.8 Å². The fourth-order valence-corrected chi connectivity index (χ4v) is 5.61. The molecule has 0 spiro atoms. The Morgan fingerprint density at radius 3 is 1.46 bits per heavy atom. The molecule has 4 aromatic carbocycles.